The van der Waals surface area contributed by atoms with Crippen molar-refractivity contribution in [2.24, 2.45) is 5.41 Å². The van der Waals surface area contributed by atoms with Crippen molar-refractivity contribution in [3.63, 3.8) is 0 Å². The minimum absolute atomic E-state index is 0.175. The van der Waals surface area contributed by atoms with Crippen LogP contribution in [0.3, 0.4) is 0 Å². The maximum absolute atomic E-state index is 13.3. The first kappa shape index (κ1) is 23.0. The van der Waals surface area contributed by atoms with Crippen LogP contribution in [0.4, 0.5) is 0 Å². The molecule has 0 amide bonds. The average molecular weight is 517 g/mol. The fourth-order valence-electron chi connectivity index (χ4n) is 3.85. The fourth-order valence-corrected chi connectivity index (χ4v) is 5.76. The van der Waals surface area contributed by atoms with E-state index in [0.717, 1.165) is 23.7 Å². The maximum atomic E-state index is 13.3. The topological polar surface area (TPSA) is 35.5 Å². The van der Waals surface area contributed by atoms with E-state index >= 15 is 0 Å². The van der Waals surface area contributed by atoms with Crippen LogP contribution >= 0.6 is 22.6 Å². The molecule has 0 aromatic rings. The lowest BCUT2D eigenvalue weighted by atomic mass is 9.63. The Kier molecular flexibility index (Phi) is 6.69. The van der Waals surface area contributed by atoms with Gasteiger partial charge in [0.05, 0.1) is 12.2 Å². The first-order chi connectivity index (χ1) is 12.3. The third-order valence-corrected chi connectivity index (χ3v) is 8.18. The van der Waals surface area contributed by atoms with Crippen LogP contribution in [-0.4, -0.2) is 44.4 Å². The molecule has 0 N–H and O–H groups in total. The monoisotopic (exact) mass is 516 g/mol. The first-order valence-corrected chi connectivity index (χ1v) is 18.4. The molecular weight excluding hydrogens is 483 g/mol. The van der Waals surface area contributed by atoms with E-state index in [0.29, 0.717) is 13.0 Å². The van der Waals surface area contributed by atoms with Gasteiger partial charge in [-0.05, 0) is 32.6 Å². The summed E-state index contributed by atoms with van der Waals surface area (Å²) in [5.74, 6) is 6.73. The summed E-state index contributed by atoms with van der Waals surface area (Å²) in [5, 5.41) is 0. The lowest BCUT2D eigenvalue weighted by Gasteiger charge is -2.37. The summed E-state index contributed by atoms with van der Waals surface area (Å²) in [6, 6.07) is 0. The second-order valence-corrected chi connectivity index (χ2v) is 20.2. The number of esters is 1. The molecule has 2 aliphatic rings. The molecule has 6 heteroatoms. The quantitative estimate of drug-likeness (QED) is 0.178. The predicted octanol–water partition coefficient (Wildman–Crippen LogP) is 4.81. The lowest BCUT2D eigenvalue weighted by Crippen LogP contribution is -2.50. The van der Waals surface area contributed by atoms with Gasteiger partial charge < -0.3 is 9.47 Å². The van der Waals surface area contributed by atoms with Crippen LogP contribution in [0.1, 0.15) is 32.6 Å². The number of hydrogen-bond donors (Lipinski definition) is 0. The Morgan fingerprint density at radius 2 is 1.63 bits per heavy atom. The molecule has 150 valence electrons. The van der Waals surface area contributed by atoms with Crippen LogP contribution in [0.2, 0.25) is 39.3 Å². The Morgan fingerprint density at radius 1 is 1.07 bits per heavy atom. The summed E-state index contributed by atoms with van der Waals surface area (Å²) in [7, 11) is -3.33. The first-order valence-electron chi connectivity index (χ1n) is 9.85. The van der Waals surface area contributed by atoms with E-state index in [1.807, 2.05) is 6.92 Å². The molecule has 0 spiro atoms. The van der Waals surface area contributed by atoms with E-state index < -0.39 is 27.2 Å². The Balaban J connectivity index is 2.74. The molecule has 0 unspecified atom stereocenters. The second-order valence-electron chi connectivity index (χ2n) is 9.93. The standard InChI is InChI=1S/C21H33IO3Si2/c1-8-24-18(23)20-11-9-10-19(16-20,17-22)25-21(20,12-14-26(2,3)4)13-15-27(5,6)7/h8-11,16-17H2,1-7H3/t19-,20+/m1/s1. The number of fused-ring (bicyclic) bond motifs is 2. The van der Waals surface area contributed by atoms with Gasteiger partial charge in [0.25, 0.3) is 0 Å². The van der Waals surface area contributed by atoms with Crippen molar-refractivity contribution in [2.45, 2.75) is 83.1 Å². The summed E-state index contributed by atoms with van der Waals surface area (Å²) in [6.45, 7) is 15.5. The molecule has 3 nitrogen and oxygen atoms in total. The number of carbonyl (C=O) groups excluding carboxylic acids is 1. The van der Waals surface area contributed by atoms with Gasteiger partial charge in [-0.25, -0.2) is 0 Å². The molecule has 0 radical (unpaired) electrons. The molecule has 1 heterocycles. The molecule has 2 bridgehead atoms. The highest BCUT2D eigenvalue weighted by Gasteiger charge is 2.70. The van der Waals surface area contributed by atoms with Gasteiger partial charge in [-0.15, -0.1) is 11.1 Å². The van der Waals surface area contributed by atoms with Crippen molar-refractivity contribution in [3.05, 3.63) is 0 Å². The predicted molar refractivity (Wildman–Crippen MR) is 125 cm³/mol. The zero-order valence-corrected chi connectivity index (χ0v) is 22.0. The molecule has 27 heavy (non-hydrogen) atoms. The molecule has 1 saturated carbocycles. The van der Waals surface area contributed by atoms with Gasteiger partial charge in [-0.3, -0.25) is 4.79 Å². The van der Waals surface area contributed by atoms with Gasteiger partial charge in [-0.2, -0.15) is 0 Å². The Labute approximate surface area is 180 Å². The van der Waals surface area contributed by atoms with Crippen LogP contribution in [0.15, 0.2) is 0 Å². The maximum Gasteiger partial charge on any atom is 0.317 e. The van der Waals surface area contributed by atoms with E-state index in [4.69, 9.17) is 9.47 Å². The Hall–Kier alpha value is -0.286. The normalized spacial score (nSPS) is 29.2. The zero-order chi connectivity index (χ0) is 20.6. The third kappa shape index (κ3) is 4.83. The molecule has 2 fully saturated rings. The van der Waals surface area contributed by atoms with E-state index in [2.05, 4.69) is 84.8 Å². The molecular formula is C21H33IO3Si2. The third-order valence-electron chi connectivity index (χ3n) is 5.04. The summed E-state index contributed by atoms with van der Waals surface area (Å²) in [5.41, 5.74) is 4.83. The highest BCUT2D eigenvalue weighted by molar-refractivity contribution is 14.1. The van der Waals surface area contributed by atoms with Crippen molar-refractivity contribution >= 4 is 44.7 Å². The van der Waals surface area contributed by atoms with Gasteiger partial charge in [0.1, 0.15) is 21.6 Å². The summed E-state index contributed by atoms with van der Waals surface area (Å²) in [6.07, 6.45) is 3.32. The lowest BCUT2D eigenvalue weighted by molar-refractivity contribution is -0.160. The van der Waals surface area contributed by atoms with Crippen LogP contribution in [0.25, 0.3) is 0 Å². The minimum atomic E-state index is -1.66. The van der Waals surface area contributed by atoms with Gasteiger partial charge in [0, 0.05) is 4.43 Å². The summed E-state index contributed by atoms with van der Waals surface area (Å²) < 4.78 is 13.2. The van der Waals surface area contributed by atoms with Crippen molar-refractivity contribution in [1.29, 1.82) is 0 Å². The highest BCUT2D eigenvalue weighted by atomic mass is 127. The van der Waals surface area contributed by atoms with E-state index in [9.17, 15) is 4.79 Å². The Morgan fingerprint density at radius 3 is 2.07 bits per heavy atom. The van der Waals surface area contributed by atoms with Gasteiger partial charge in [0.2, 0.25) is 5.60 Å². The summed E-state index contributed by atoms with van der Waals surface area (Å²) >= 11 is 2.39. The molecule has 2 atom stereocenters. The smallest absolute Gasteiger partial charge is 0.317 e. The van der Waals surface area contributed by atoms with E-state index in [1.54, 1.807) is 0 Å². The van der Waals surface area contributed by atoms with Crippen molar-refractivity contribution in [1.82, 2.24) is 0 Å². The molecule has 1 aliphatic heterocycles. The average Bonchev–Trinajstić information content (AvgIpc) is 2.76. The molecule has 2 rings (SSSR count). The SMILES string of the molecule is CCOC(=O)[C@]12CCC[C@](CI)(C1)OC2(C#C[Si](C)(C)C)C#C[Si](C)(C)C. The number of ether oxygens (including phenoxy) is 2. The number of carbonyl (C=O) groups is 1. The highest BCUT2D eigenvalue weighted by Crippen LogP contribution is 2.60. The number of halogens is 1. The zero-order valence-electron chi connectivity index (χ0n) is 17.8. The molecule has 0 aromatic heterocycles. The Bertz CT molecular complexity index is 682. The molecule has 0 aromatic carbocycles. The van der Waals surface area contributed by atoms with Crippen molar-refractivity contribution < 1.29 is 14.3 Å². The van der Waals surface area contributed by atoms with Crippen LogP contribution in [0.5, 0.6) is 0 Å². The van der Waals surface area contributed by atoms with Crippen molar-refractivity contribution in [3.8, 4) is 22.9 Å². The van der Waals surface area contributed by atoms with E-state index in [1.165, 1.54) is 0 Å². The van der Waals surface area contributed by atoms with E-state index in [-0.39, 0.29) is 11.6 Å². The molecule has 1 saturated heterocycles. The number of rotatable bonds is 3. The van der Waals surface area contributed by atoms with Gasteiger partial charge in [-0.1, -0.05) is 73.7 Å². The van der Waals surface area contributed by atoms with Crippen LogP contribution < -0.4 is 0 Å². The van der Waals surface area contributed by atoms with Gasteiger partial charge in [0.15, 0.2) is 0 Å². The van der Waals surface area contributed by atoms with Crippen LogP contribution in [0, 0.1) is 28.3 Å². The number of hydrogen-bond acceptors (Lipinski definition) is 3. The number of alkyl halides is 1. The second kappa shape index (κ2) is 7.86. The van der Waals surface area contributed by atoms with Crippen molar-refractivity contribution in [2.75, 3.05) is 11.0 Å². The largest absolute Gasteiger partial charge is 0.465 e. The van der Waals surface area contributed by atoms with Crippen LogP contribution in [-0.2, 0) is 14.3 Å². The fraction of sp³-hybridized carbons (Fsp3) is 0.762. The minimum Gasteiger partial charge on any atom is -0.465 e. The summed E-state index contributed by atoms with van der Waals surface area (Å²) in [4.78, 5) is 13.3. The van der Waals surface area contributed by atoms with Gasteiger partial charge >= 0.3 is 5.97 Å². The molecule has 1 aliphatic carbocycles.